The van der Waals surface area contributed by atoms with E-state index in [4.69, 9.17) is 0 Å². The fourth-order valence-electron chi connectivity index (χ4n) is 2.47. The van der Waals surface area contributed by atoms with Crippen LogP contribution in [0.15, 0.2) is 60.7 Å². The maximum absolute atomic E-state index is 13.8. The highest BCUT2D eigenvalue weighted by Crippen LogP contribution is 2.39. The molecule has 0 radical (unpaired) electrons. The minimum atomic E-state index is -4.45. The molecule has 0 fully saturated rings. The van der Waals surface area contributed by atoms with E-state index < -0.39 is 17.6 Å². The number of hydrogen-bond acceptors (Lipinski definition) is 0. The quantitative estimate of drug-likeness (QED) is 0.507. The van der Waals surface area contributed by atoms with E-state index in [9.17, 15) is 17.6 Å². The molecule has 0 aromatic heterocycles. The minimum absolute atomic E-state index is 0.0567. The Bertz CT molecular complexity index is 803. The molecule has 21 heavy (non-hydrogen) atoms. The van der Waals surface area contributed by atoms with Gasteiger partial charge in [-0.05, 0) is 28.6 Å². The molecule has 0 aliphatic rings. The van der Waals surface area contributed by atoms with Gasteiger partial charge in [0.2, 0.25) is 0 Å². The van der Waals surface area contributed by atoms with Crippen molar-refractivity contribution in [3.05, 3.63) is 72.0 Å². The van der Waals surface area contributed by atoms with Crippen molar-refractivity contribution in [3.63, 3.8) is 0 Å². The summed E-state index contributed by atoms with van der Waals surface area (Å²) in [5.74, 6) is -0.446. The van der Waals surface area contributed by atoms with Gasteiger partial charge in [0, 0.05) is 5.39 Å². The number of hydrogen-bond donors (Lipinski definition) is 0. The van der Waals surface area contributed by atoms with Gasteiger partial charge in [0.15, 0.2) is 0 Å². The topological polar surface area (TPSA) is 0 Å². The Morgan fingerprint density at radius 1 is 0.619 bits per heavy atom. The lowest BCUT2D eigenvalue weighted by molar-refractivity contribution is -0.137. The molecule has 0 bridgehead atoms. The van der Waals surface area contributed by atoms with Crippen LogP contribution in [0.4, 0.5) is 17.6 Å². The van der Waals surface area contributed by atoms with Gasteiger partial charge in [-0.2, -0.15) is 13.2 Å². The first kappa shape index (κ1) is 13.6. The van der Waals surface area contributed by atoms with Gasteiger partial charge >= 0.3 is 6.18 Å². The summed E-state index contributed by atoms with van der Waals surface area (Å²) in [6.07, 6.45) is -4.45. The molecule has 0 N–H and O–H groups in total. The Labute approximate surface area is 118 Å². The van der Waals surface area contributed by atoms with E-state index in [-0.39, 0.29) is 5.56 Å². The molecule has 0 heterocycles. The smallest absolute Gasteiger partial charge is 0.206 e. The third-order valence-electron chi connectivity index (χ3n) is 3.39. The molecule has 0 unspecified atom stereocenters. The van der Waals surface area contributed by atoms with Crippen LogP contribution in [0.25, 0.3) is 21.9 Å². The summed E-state index contributed by atoms with van der Waals surface area (Å²) in [4.78, 5) is 0. The second kappa shape index (κ2) is 4.88. The zero-order valence-corrected chi connectivity index (χ0v) is 10.8. The highest BCUT2D eigenvalue weighted by molar-refractivity contribution is 5.97. The number of alkyl halides is 3. The SMILES string of the molecule is Fc1cccc2c(-c3ccccc3C(F)(F)F)cccc12. The van der Waals surface area contributed by atoms with Gasteiger partial charge in [0.1, 0.15) is 5.82 Å². The van der Waals surface area contributed by atoms with E-state index in [0.717, 1.165) is 6.07 Å². The average molecular weight is 290 g/mol. The molecule has 0 nitrogen and oxygen atoms in total. The van der Waals surface area contributed by atoms with Crippen LogP contribution in [0.3, 0.4) is 0 Å². The van der Waals surface area contributed by atoms with Crippen molar-refractivity contribution in [2.24, 2.45) is 0 Å². The highest BCUT2D eigenvalue weighted by Gasteiger charge is 2.33. The van der Waals surface area contributed by atoms with Crippen LogP contribution in [0.2, 0.25) is 0 Å². The van der Waals surface area contributed by atoms with Crippen LogP contribution in [0, 0.1) is 5.82 Å². The fourth-order valence-corrected chi connectivity index (χ4v) is 2.47. The Morgan fingerprint density at radius 2 is 1.24 bits per heavy atom. The summed E-state index contributed by atoms with van der Waals surface area (Å²) < 4.78 is 53.2. The standard InChI is InChI=1S/C17H10F4/c18-16-10-4-7-12-11(6-3-8-14(12)16)13-5-1-2-9-15(13)17(19,20)21/h1-10H. The van der Waals surface area contributed by atoms with E-state index in [1.165, 1.54) is 24.3 Å². The lowest BCUT2D eigenvalue weighted by atomic mass is 9.94. The first-order valence-corrected chi connectivity index (χ1v) is 6.32. The second-order valence-electron chi connectivity index (χ2n) is 4.68. The van der Waals surface area contributed by atoms with Crippen molar-refractivity contribution < 1.29 is 17.6 Å². The fraction of sp³-hybridized carbons (Fsp3) is 0.0588. The van der Waals surface area contributed by atoms with Gasteiger partial charge in [-0.15, -0.1) is 0 Å². The molecule has 3 aromatic rings. The monoisotopic (exact) mass is 290 g/mol. The Morgan fingerprint density at radius 3 is 2.00 bits per heavy atom. The summed E-state index contributed by atoms with van der Waals surface area (Å²) in [5, 5.41) is 0.779. The van der Waals surface area contributed by atoms with Crippen LogP contribution in [-0.2, 0) is 6.18 Å². The predicted octanol–water partition coefficient (Wildman–Crippen LogP) is 5.66. The predicted molar refractivity (Wildman–Crippen MR) is 74.3 cm³/mol. The Balaban J connectivity index is 2.35. The van der Waals surface area contributed by atoms with Crippen LogP contribution in [-0.4, -0.2) is 0 Å². The van der Waals surface area contributed by atoms with Crippen molar-refractivity contribution in [3.8, 4) is 11.1 Å². The Hall–Kier alpha value is -2.36. The molecule has 0 spiro atoms. The summed E-state index contributed by atoms with van der Waals surface area (Å²) in [7, 11) is 0. The van der Waals surface area contributed by atoms with Crippen molar-refractivity contribution in [2.75, 3.05) is 0 Å². The number of halogens is 4. The third-order valence-corrected chi connectivity index (χ3v) is 3.39. The molecule has 0 aliphatic heterocycles. The van der Waals surface area contributed by atoms with Gasteiger partial charge < -0.3 is 0 Å². The molecule has 0 amide bonds. The summed E-state index contributed by atoms with van der Waals surface area (Å²) >= 11 is 0. The molecule has 3 aromatic carbocycles. The van der Waals surface area contributed by atoms with Gasteiger partial charge in [-0.1, -0.05) is 48.5 Å². The van der Waals surface area contributed by atoms with E-state index in [0.29, 0.717) is 16.3 Å². The molecule has 0 atom stereocenters. The van der Waals surface area contributed by atoms with E-state index in [1.54, 1.807) is 30.3 Å². The number of fused-ring (bicyclic) bond motifs is 1. The van der Waals surface area contributed by atoms with Gasteiger partial charge in [-0.3, -0.25) is 0 Å². The third kappa shape index (κ3) is 2.37. The lowest BCUT2D eigenvalue weighted by Crippen LogP contribution is -2.07. The molecule has 0 saturated carbocycles. The maximum atomic E-state index is 13.8. The van der Waals surface area contributed by atoms with E-state index >= 15 is 0 Å². The van der Waals surface area contributed by atoms with E-state index in [1.807, 2.05) is 0 Å². The molecule has 106 valence electrons. The zero-order valence-electron chi connectivity index (χ0n) is 10.8. The van der Waals surface area contributed by atoms with Crippen LogP contribution in [0.1, 0.15) is 5.56 Å². The maximum Gasteiger partial charge on any atom is 0.417 e. The van der Waals surface area contributed by atoms with E-state index in [2.05, 4.69) is 0 Å². The van der Waals surface area contributed by atoms with Gasteiger partial charge in [0.25, 0.3) is 0 Å². The molecular formula is C17H10F4. The second-order valence-corrected chi connectivity index (χ2v) is 4.68. The first-order valence-electron chi connectivity index (χ1n) is 6.32. The van der Waals surface area contributed by atoms with Crippen molar-refractivity contribution in [2.45, 2.75) is 6.18 Å². The molecule has 0 aliphatic carbocycles. The molecular weight excluding hydrogens is 280 g/mol. The van der Waals surface area contributed by atoms with Crippen molar-refractivity contribution >= 4 is 10.8 Å². The van der Waals surface area contributed by atoms with Gasteiger partial charge in [0.05, 0.1) is 5.56 Å². The normalized spacial score (nSPS) is 11.8. The lowest BCUT2D eigenvalue weighted by Gasteiger charge is -2.14. The van der Waals surface area contributed by atoms with Gasteiger partial charge in [-0.25, -0.2) is 4.39 Å². The summed E-state index contributed by atoms with van der Waals surface area (Å²) in [5.41, 5.74) is -0.289. The highest BCUT2D eigenvalue weighted by atomic mass is 19.4. The first-order chi connectivity index (χ1) is 9.98. The minimum Gasteiger partial charge on any atom is -0.206 e. The zero-order chi connectivity index (χ0) is 15.0. The van der Waals surface area contributed by atoms with Crippen LogP contribution < -0.4 is 0 Å². The molecule has 3 rings (SSSR count). The van der Waals surface area contributed by atoms with Crippen molar-refractivity contribution in [1.29, 1.82) is 0 Å². The summed E-state index contributed by atoms with van der Waals surface area (Å²) in [6.45, 7) is 0. The van der Waals surface area contributed by atoms with Crippen LogP contribution >= 0.6 is 0 Å². The molecule has 4 heteroatoms. The molecule has 0 saturated heterocycles. The average Bonchev–Trinajstić information content (AvgIpc) is 2.46. The largest absolute Gasteiger partial charge is 0.417 e. The number of rotatable bonds is 1. The van der Waals surface area contributed by atoms with Crippen molar-refractivity contribution in [1.82, 2.24) is 0 Å². The number of benzene rings is 3. The Kier molecular flexibility index (Phi) is 3.16. The summed E-state index contributed by atoms with van der Waals surface area (Å²) in [6, 6.07) is 14.4. The van der Waals surface area contributed by atoms with Crippen LogP contribution in [0.5, 0.6) is 0 Å².